The molecule has 1 aliphatic rings. The van der Waals surface area contributed by atoms with Gasteiger partial charge in [0.25, 0.3) is 5.91 Å². The molecule has 1 saturated heterocycles. The molecule has 3 atom stereocenters. The van der Waals surface area contributed by atoms with Crippen LogP contribution in [0.1, 0.15) is 31.1 Å². The standard InChI is InChI=1S/C17H24N2O6S/c1-11-9-19(10-12(2)24-11)16(20)13(3)25-17(21)14-7-5-6-8-15(14)18-26(4,22)23/h5-8,11-13,18H,9-10H2,1-4H3. The summed E-state index contributed by atoms with van der Waals surface area (Å²) < 4.78 is 36.0. The largest absolute Gasteiger partial charge is 0.449 e. The number of benzene rings is 1. The molecular weight excluding hydrogens is 360 g/mol. The zero-order valence-corrected chi connectivity index (χ0v) is 16.1. The summed E-state index contributed by atoms with van der Waals surface area (Å²) in [7, 11) is -3.55. The smallest absolute Gasteiger partial charge is 0.341 e. The highest BCUT2D eigenvalue weighted by molar-refractivity contribution is 7.92. The normalized spacial score (nSPS) is 21.8. The third-order valence-electron chi connectivity index (χ3n) is 3.81. The molecule has 0 bridgehead atoms. The number of nitrogens with one attached hydrogen (secondary N) is 1. The predicted molar refractivity (Wildman–Crippen MR) is 96.4 cm³/mol. The molecule has 144 valence electrons. The Morgan fingerprint density at radius 3 is 2.38 bits per heavy atom. The van der Waals surface area contributed by atoms with Gasteiger partial charge in [-0.3, -0.25) is 9.52 Å². The quantitative estimate of drug-likeness (QED) is 0.767. The summed E-state index contributed by atoms with van der Waals surface area (Å²) in [5.74, 6) is -1.08. The Balaban J connectivity index is 2.08. The molecule has 2 rings (SSSR count). The number of amides is 1. The van der Waals surface area contributed by atoms with E-state index in [0.29, 0.717) is 13.1 Å². The van der Waals surface area contributed by atoms with Crippen molar-refractivity contribution < 1.29 is 27.5 Å². The third kappa shape index (κ3) is 5.43. The van der Waals surface area contributed by atoms with Gasteiger partial charge in [0.15, 0.2) is 6.10 Å². The van der Waals surface area contributed by atoms with Crippen molar-refractivity contribution in [2.24, 2.45) is 0 Å². The van der Waals surface area contributed by atoms with Gasteiger partial charge in [0.05, 0.1) is 29.7 Å². The van der Waals surface area contributed by atoms with Crippen LogP contribution in [-0.4, -0.2) is 62.9 Å². The van der Waals surface area contributed by atoms with E-state index in [4.69, 9.17) is 9.47 Å². The van der Waals surface area contributed by atoms with Gasteiger partial charge >= 0.3 is 5.97 Å². The molecule has 1 amide bonds. The summed E-state index contributed by atoms with van der Waals surface area (Å²) in [5.41, 5.74) is 0.148. The van der Waals surface area contributed by atoms with Crippen molar-refractivity contribution in [1.82, 2.24) is 4.90 Å². The second kappa shape index (κ2) is 8.05. The minimum atomic E-state index is -3.55. The number of hydrogen-bond donors (Lipinski definition) is 1. The summed E-state index contributed by atoms with van der Waals surface area (Å²) in [4.78, 5) is 26.6. The number of hydrogen-bond acceptors (Lipinski definition) is 6. The summed E-state index contributed by atoms with van der Waals surface area (Å²) in [6, 6.07) is 6.07. The van der Waals surface area contributed by atoms with E-state index in [-0.39, 0.29) is 29.4 Å². The molecule has 0 saturated carbocycles. The second-order valence-corrected chi connectivity index (χ2v) is 8.22. The van der Waals surface area contributed by atoms with Crippen molar-refractivity contribution in [2.45, 2.75) is 39.1 Å². The first-order chi connectivity index (χ1) is 12.1. The Morgan fingerprint density at radius 1 is 1.23 bits per heavy atom. The first kappa shape index (κ1) is 20.2. The lowest BCUT2D eigenvalue weighted by molar-refractivity contribution is -0.151. The number of anilines is 1. The van der Waals surface area contributed by atoms with Gasteiger partial charge in [0, 0.05) is 13.1 Å². The van der Waals surface area contributed by atoms with E-state index in [1.54, 1.807) is 17.0 Å². The van der Waals surface area contributed by atoms with E-state index in [1.165, 1.54) is 19.1 Å². The van der Waals surface area contributed by atoms with E-state index in [9.17, 15) is 18.0 Å². The fraction of sp³-hybridized carbons (Fsp3) is 0.529. The maximum Gasteiger partial charge on any atom is 0.341 e. The van der Waals surface area contributed by atoms with Crippen LogP contribution in [0.4, 0.5) is 5.69 Å². The number of nitrogens with zero attached hydrogens (tertiary/aromatic N) is 1. The molecule has 3 unspecified atom stereocenters. The molecule has 1 heterocycles. The molecule has 0 aliphatic carbocycles. The molecule has 1 N–H and O–H groups in total. The Bertz CT molecular complexity index is 769. The molecule has 1 aromatic carbocycles. The first-order valence-electron chi connectivity index (χ1n) is 8.29. The van der Waals surface area contributed by atoms with E-state index in [0.717, 1.165) is 6.26 Å². The van der Waals surface area contributed by atoms with Crippen LogP contribution in [0.15, 0.2) is 24.3 Å². The van der Waals surface area contributed by atoms with Gasteiger partial charge in [-0.2, -0.15) is 0 Å². The molecule has 1 aromatic rings. The fourth-order valence-corrected chi connectivity index (χ4v) is 3.42. The second-order valence-electron chi connectivity index (χ2n) is 6.47. The number of carbonyl (C=O) groups is 2. The number of esters is 1. The highest BCUT2D eigenvalue weighted by Gasteiger charge is 2.31. The van der Waals surface area contributed by atoms with Crippen LogP contribution in [-0.2, 0) is 24.3 Å². The van der Waals surface area contributed by atoms with Crippen LogP contribution < -0.4 is 4.72 Å². The zero-order chi connectivity index (χ0) is 19.5. The highest BCUT2D eigenvalue weighted by Crippen LogP contribution is 2.19. The number of para-hydroxylation sites is 1. The Kier molecular flexibility index (Phi) is 6.25. The number of rotatable bonds is 5. The van der Waals surface area contributed by atoms with E-state index in [1.807, 2.05) is 13.8 Å². The number of morpholine rings is 1. The number of carbonyl (C=O) groups excluding carboxylic acids is 2. The fourth-order valence-electron chi connectivity index (χ4n) is 2.84. The first-order valence-corrected chi connectivity index (χ1v) is 10.2. The summed E-state index contributed by atoms with van der Waals surface area (Å²) in [6.07, 6.45) is -0.191. The molecule has 0 radical (unpaired) electrons. The van der Waals surface area contributed by atoms with E-state index in [2.05, 4.69) is 4.72 Å². The van der Waals surface area contributed by atoms with Crippen molar-refractivity contribution in [3.8, 4) is 0 Å². The lowest BCUT2D eigenvalue weighted by Gasteiger charge is -2.36. The SMILES string of the molecule is CC1CN(C(=O)C(C)OC(=O)c2ccccc2NS(C)(=O)=O)CC(C)O1. The maximum absolute atomic E-state index is 12.6. The average molecular weight is 384 g/mol. The third-order valence-corrected chi connectivity index (χ3v) is 4.40. The molecule has 26 heavy (non-hydrogen) atoms. The van der Waals surface area contributed by atoms with Crippen LogP contribution in [0.3, 0.4) is 0 Å². The number of ether oxygens (including phenoxy) is 2. The lowest BCUT2D eigenvalue weighted by Crippen LogP contribution is -2.51. The van der Waals surface area contributed by atoms with Crippen molar-refractivity contribution in [3.05, 3.63) is 29.8 Å². The monoisotopic (exact) mass is 384 g/mol. The maximum atomic E-state index is 12.6. The minimum Gasteiger partial charge on any atom is -0.449 e. The topological polar surface area (TPSA) is 102 Å². The molecule has 1 fully saturated rings. The molecule has 0 spiro atoms. The van der Waals surface area contributed by atoms with Crippen molar-refractivity contribution in [3.63, 3.8) is 0 Å². The van der Waals surface area contributed by atoms with Gasteiger partial charge < -0.3 is 14.4 Å². The molecule has 0 aromatic heterocycles. The average Bonchev–Trinajstić information content (AvgIpc) is 2.52. The van der Waals surface area contributed by atoms with Crippen LogP contribution >= 0.6 is 0 Å². The molecule has 1 aliphatic heterocycles. The molecule has 9 heteroatoms. The Labute approximate surface area is 153 Å². The lowest BCUT2D eigenvalue weighted by atomic mass is 10.2. The molecule has 8 nitrogen and oxygen atoms in total. The van der Waals surface area contributed by atoms with Crippen LogP contribution in [0, 0.1) is 0 Å². The van der Waals surface area contributed by atoms with Gasteiger partial charge in [0.2, 0.25) is 10.0 Å². The van der Waals surface area contributed by atoms with E-state index < -0.39 is 22.1 Å². The molecular formula is C17H24N2O6S. The van der Waals surface area contributed by atoms with Crippen LogP contribution in [0.5, 0.6) is 0 Å². The zero-order valence-electron chi connectivity index (χ0n) is 15.3. The van der Waals surface area contributed by atoms with Crippen LogP contribution in [0.2, 0.25) is 0 Å². The van der Waals surface area contributed by atoms with Crippen molar-refractivity contribution in [1.29, 1.82) is 0 Å². The van der Waals surface area contributed by atoms with Crippen molar-refractivity contribution in [2.75, 3.05) is 24.1 Å². The van der Waals surface area contributed by atoms with Crippen LogP contribution in [0.25, 0.3) is 0 Å². The van der Waals surface area contributed by atoms with Crippen molar-refractivity contribution >= 4 is 27.6 Å². The predicted octanol–water partition coefficient (Wildman–Crippen LogP) is 1.24. The number of sulfonamides is 1. The Hall–Kier alpha value is -2.13. The van der Waals surface area contributed by atoms with E-state index >= 15 is 0 Å². The summed E-state index contributed by atoms with van der Waals surface area (Å²) >= 11 is 0. The summed E-state index contributed by atoms with van der Waals surface area (Å²) in [6.45, 7) is 6.10. The summed E-state index contributed by atoms with van der Waals surface area (Å²) in [5, 5.41) is 0. The van der Waals surface area contributed by atoms with Gasteiger partial charge in [-0.05, 0) is 32.9 Å². The van der Waals surface area contributed by atoms with Gasteiger partial charge in [-0.1, -0.05) is 12.1 Å². The highest BCUT2D eigenvalue weighted by atomic mass is 32.2. The minimum absolute atomic E-state index is 0.0429. The van der Waals surface area contributed by atoms with Gasteiger partial charge in [-0.15, -0.1) is 0 Å². The Morgan fingerprint density at radius 2 is 1.81 bits per heavy atom. The van der Waals surface area contributed by atoms with Gasteiger partial charge in [-0.25, -0.2) is 13.2 Å². The van der Waals surface area contributed by atoms with Gasteiger partial charge in [0.1, 0.15) is 0 Å².